The molecule has 0 fully saturated rings. The molecule has 108 valence electrons. The molecule has 0 aliphatic carbocycles. The molecule has 2 unspecified atom stereocenters. The minimum Gasteiger partial charge on any atom is -0.462 e. The van der Waals surface area contributed by atoms with Crippen LogP contribution in [0, 0.1) is 0 Å². The molecule has 0 amide bonds. The van der Waals surface area contributed by atoms with E-state index in [1.807, 2.05) is 0 Å². The van der Waals surface area contributed by atoms with E-state index < -0.39 is 19.5 Å². The summed E-state index contributed by atoms with van der Waals surface area (Å²) in [6.07, 6.45) is -0.338. The van der Waals surface area contributed by atoms with E-state index in [4.69, 9.17) is 14.0 Å². The first-order valence-corrected chi connectivity index (χ1v) is 7.51. The maximum Gasteiger partial charge on any atom is 0.323 e. The van der Waals surface area contributed by atoms with Gasteiger partial charge in [0.25, 0.3) is 7.52 Å². The number of ether oxygens (including phenoxy) is 2. The van der Waals surface area contributed by atoms with Crippen molar-refractivity contribution in [2.75, 3.05) is 27.2 Å². The van der Waals surface area contributed by atoms with Crippen molar-refractivity contribution in [3.05, 3.63) is 0 Å². The summed E-state index contributed by atoms with van der Waals surface area (Å²) in [7, 11) is -0.154. The summed E-state index contributed by atoms with van der Waals surface area (Å²) < 4.78 is 27.3. The Hall–Kier alpha value is -0.460. The third-order valence-electron chi connectivity index (χ3n) is 1.81. The minimum atomic E-state index is -3.22. The lowest BCUT2D eigenvalue weighted by Gasteiger charge is -2.22. The Morgan fingerprint density at radius 3 is 2.39 bits per heavy atom. The van der Waals surface area contributed by atoms with E-state index >= 15 is 0 Å². The first-order chi connectivity index (χ1) is 8.34. The van der Waals surface area contributed by atoms with Crippen molar-refractivity contribution in [2.24, 2.45) is 0 Å². The summed E-state index contributed by atoms with van der Waals surface area (Å²) in [4.78, 5) is 11.6. The molecule has 0 bridgehead atoms. The largest absolute Gasteiger partial charge is 0.462 e. The molecule has 8 heteroatoms. The fraction of sp³-hybridized carbons (Fsp3) is 0.900. The first kappa shape index (κ1) is 17.5. The number of carbonyl (C=O) groups excluding carboxylic acids is 1. The molecule has 0 aromatic rings. The molecular weight excluding hydrogens is 259 g/mol. The van der Waals surface area contributed by atoms with E-state index in [0.717, 1.165) is 0 Å². The van der Waals surface area contributed by atoms with Crippen molar-refractivity contribution >= 4 is 13.5 Å². The van der Waals surface area contributed by atoms with Crippen LogP contribution in [0.4, 0.5) is 0 Å². The van der Waals surface area contributed by atoms with Gasteiger partial charge in [0.05, 0.1) is 6.10 Å². The molecule has 0 radical (unpaired) electrons. The van der Waals surface area contributed by atoms with Gasteiger partial charge in [0.1, 0.15) is 19.1 Å². The molecule has 0 spiro atoms. The van der Waals surface area contributed by atoms with Gasteiger partial charge >= 0.3 is 5.97 Å². The Labute approximate surface area is 108 Å². The molecule has 0 heterocycles. The highest BCUT2D eigenvalue weighted by Crippen LogP contribution is 2.42. The SMILES string of the molecule is CNCOP(=O)(COC)NC(C)C(=O)OC(C)C. The summed E-state index contributed by atoms with van der Waals surface area (Å²) in [6, 6.07) is -0.731. The van der Waals surface area contributed by atoms with Crippen LogP contribution in [-0.4, -0.2) is 45.4 Å². The van der Waals surface area contributed by atoms with Gasteiger partial charge in [-0.05, 0) is 27.8 Å². The quantitative estimate of drug-likeness (QED) is 0.369. The predicted octanol–water partition coefficient (Wildman–Crippen LogP) is 0.907. The number of carbonyl (C=O) groups is 1. The second-order valence-corrected chi connectivity index (χ2v) is 6.18. The molecule has 0 aliphatic heterocycles. The average molecular weight is 282 g/mol. The molecule has 18 heavy (non-hydrogen) atoms. The topological polar surface area (TPSA) is 85.9 Å². The van der Waals surface area contributed by atoms with Crippen molar-refractivity contribution in [3.63, 3.8) is 0 Å². The van der Waals surface area contributed by atoms with Crippen molar-refractivity contribution in [3.8, 4) is 0 Å². The number of rotatable bonds is 9. The molecule has 2 N–H and O–H groups in total. The lowest BCUT2D eigenvalue weighted by molar-refractivity contribution is -0.149. The van der Waals surface area contributed by atoms with Gasteiger partial charge in [-0.15, -0.1) is 0 Å². The number of esters is 1. The molecule has 0 aliphatic rings. The Morgan fingerprint density at radius 1 is 1.33 bits per heavy atom. The summed E-state index contributed by atoms with van der Waals surface area (Å²) >= 11 is 0. The molecule has 0 rings (SSSR count). The zero-order chi connectivity index (χ0) is 14.2. The molecule has 7 nitrogen and oxygen atoms in total. The average Bonchev–Trinajstić information content (AvgIpc) is 2.25. The van der Waals surface area contributed by atoms with E-state index in [1.54, 1.807) is 27.8 Å². The molecule has 0 aromatic heterocycles. The Kier molecular flexibility index (Phi) is 8.39. The molecular formula is C10H23N2O5P. The normalized spacial score (nSPS) is 16.3. The summed E-state index contributed by atoms with van der Waals surface area (Å²) in [6.45, 7) is 5.16. The zero-order valence-electron chi connectivity index (χ0n) is 11.6. The maximum atomic E-state index is 12.3. The lowest BCUT2D eigenvalue weighted by atomic mass is 10.4. The predicted molar refractivity (Wildman–Crippen MR) is 68.3 cm³/mol. The highest BCUT2D eigenvalue weighted by molar-refractivity contribution is 7.56. The monoisotopic (exact) mass is 282 g/mol. The third-order valence-corrected chi connectivity index (χ3v) is 3.74. The van der Waals surface area contributed by atoms with Crippen LogP contribution in [0.5, 0.6) is 0 Å². The van der Waals surface area contributed by atoms with E-state index in [-0.39, 0.29) is 19.2 Å². The zero-order valence-corrected chi connectivity index (χ0v) is 12.5. The van der Waals surface area contributed by atoms with Gasteiger partial charge in [-0.2, -0.15) is 0 Å². The van der Waals surface area contributed by atoms with E-state index in [0.29, 0.717) is 0 Å². The Morgan fingerprint density at radius 2 is 1.94 bits per heavy atom. The number of hydrogen-bond acceptors (Lipinski definition) is 6. The van der Waals surface area contributed by atoms with E-state index in [1.165, 1.54) is 7.11 Å². The summed E-state index contributed by atoms with van der Waals surface area (Å²) in [5, 5.41) is 5.34. The Bertz CT molecular complexity index is 298. The number of methoxy groups -OCH3 is 1. The van der Waals surface area contributed by atoms with Gasteiger partial charge < -0.3 is 14.0 Å². The van der Waals surface area contributed by atoms with Gasteiger partial charge in [-0.1, -0.05) is 0 Å². The highest BCUT2D eigenvalue weighted by Gasteiger charge is 2.29. The van der Waals surface area contributed by atoms with Gasteiger partial charge in [0, 0.05) is 7.11 Å². The lowest BCUT2D eigenvalue weighted by Crippen LogP contribution is -2.36. The highest BCUT2D eigenvalue weighted by atomic mass is 31.2. The second kappa shape index (κ2) is 8.61. The van der Waals surface area contributed by atoms with Gasteiger partial charge in [-0.25, -0.2) is 5.09 Å². The summed E-state index contributed by atoms with van der Waals surface area (Å²) in [5.41, 5.74) is 0. The number of hydrogen-bond donors (Lipinski definition) is 2. The van der Waals surface area contributed by atoms with Gasteiger partial charge in [0.2, 0.25) is 0 Å². The third kappa shape index (κ3) is 7.08. The van der Waals surface area contributed by atoms with Crippen molar-refractivity contribution in [2.45, 2.75) is 32.9 Å². The molecule has 0 aromatic carbocycles. The van der Waals surface area contributed by atoms with E-state index in [2.05, 4.69) is 10.4 Å². The first-order valence-electron chi connectivity index (χ1n) is 5.70. The van der Waals surface area contributed by atoms with Crippen LogP contribution in [0.2, 0.25) is 0 Å². The van der Waals surface area contributed by atoms with Gasteiger partial charge in [0.15, 0.2) is 0 Å². The van der Waals surface area contributed by atoms with Crippen LogP contribution >= 0.6 is 7.52 Å². The molecule has 2 atom stereocenters. The van der Waals surface area contributed by atoms with Crippen molar-refractivity contribution in [1.29, 1.82) is 0 Å². The van der Waals surface area contributed by atoms with Crippen LogP contribution < -0.4 is 10.4 Å². The fourth-order valence-corrected chi connectivity index (χ4v) is 2.73. The summed E-state index contributed by atoms with van der Waals surface area (Å²) in [5.74, 6) is -0.477. The van der Waals surface area contributed by atoms with Crippen LogP contribution in [0.1, 0.15) is 20.8 Å². The van der Waals surface area contributed by atoms with Crippen LogP contribution in [0.3, 0.4) is 0 Å². The standard InChI is InChI=1S/C10H23N2O5P/c1-8(2)17-10(13)9(3)12-18(14,7-15-5)16-6-11-4/h8-9,11H,6-7H2,1-5H3,(H,12,14). The Balaban J connectivity index is 4.47. The second-order valence-electron chi connectivity index (χ2n) is 4.05. The number of nitrogens with one attached hydrogen (secondary N) is 2. The van der Waals surface area contributed by atoms with Crippen LogP contribution in [0.15, 0.2) is 0 Å². The van der Waals surface area contributed by atoms with Crippen LogP contribution in [0.25, 0.3) is 0 Å². The maximum absolute atomic E-state index is 12.3. The molecule has 0 saturated heterocycles. The van der Waals surface area contributed by atoms with E-state index in [9.17, 15) is 9.36 Å². The van der Waals surface area contributed by atoms with Crippen molar-refractivity contribution < 1.29 is 23.4 Å². The van der Waals surface area contributed by atoms with Crippen molar-refractivity contribution in [1.82, 2.24) is 10.4 Å². The minimum absolute atomic E-state index is 0.0968. The smallest absolute Gasteiger partial charge is 0.323 e. The molecule has 0 saturated carbocycles. The van der Waals surface area contributed by atoms with Gasteiger partial charge in [-0.3, -0.25) is 14.7 Å². The fourth-order valence-electron chi connectivity index (χ4n) is 1.13. The van der Waals surface area contributed by atoms with Crippen LogP contribution in [-0.2, 0) is 23.4 Å².